The average Bonchev–Trinajstić information content (AvgIpc) is 2.96. The van der Waals surface area contributed by atoms with Gasteiger partial charge in [-0.25, -0.2) is 0 Å². The van der Waals surface area contributed by atoms with Crippen LogP contribution in [0.4, 0.5) is 0 Å². The molecule has 0 saturated heterocycles. The summed E-state index contributed by atoms with van der Waals surface area (Å²) in [5.74, 6) is 1.85. The first-order valence-electron chi connectivity index (χ1n) is 8.44. The summed E-state index contributed by atoms with van der Waals surface area (Å²) >= 11 is 0. The van der Waals surface area contributed by atoms with Gasteiger partial charge in [0.1, 0.15) is 0 Å². The molecule has 0 unspecified atom stereocenters. The minimum Gasteiger partial charge on any atom is -0.466 e. The number of ether oxygens (including phenoxy) is 1. The van der Waals surface area contributed by atoms with Gasteiger partial charge in [0, 0.05) is 18.3 Å². The molecule has 1 aliphatic rings. The van der Waals surface area contributed by atoms with Crippen LogP contribution in [0.15, 0.2) is 12.2 Å². The summed E-state index contributed by atoms with van der Waals surface area (Å²) in [5.41, 5.74) is 0. The molecule has 1 saturated carbocycles. The summed E-state index contributed by atoms with van der Waals surface area (Å²) in [5, 5.41) is 10.3. The molecular formula is C19H29O3. The maximum atomic E-state index is 11.3. The highest BCUT2D eigenvalue weighted by Crippen LogP contribution is 2.38. The standard InChI is InChI=1S/C19H29O3/c1-3-5-6-7-8-11-16-12-9-13-17(16)18(20)14-10-15-19(21)22-4-2/h8-9,11-13,18,20H,3-7,10,14-15H2,1-2H3/b11-8-/t18-/m0/s1. The summed E-state index contributed by atoms with van der Waals surface area (Å²) in [4.78, 5) is 11.3. The molecule has 0 bridgehead atoms. The second-order valence-electron chi connectivity index (χ2n) is 5.55. The smallest absolute Gasteiger partial charge is 0.305 e. The van der Waals surface area contributed by atoms with Crippen molar-refractivity contribution in [2.24, 2.45) is 0 Å². The molecule has 5 radical (unpaired) electrons. The van der Waals surface area contributed by atoms with Gasteiger partial charge in [0.05, 0.1) is 12.7 Å². The van der Waals surface area contributed by atoms with Crippen LogP contribution in [0.25, 0.3) is 0 Å². The third-order valence-electron chi connectivity index (χ3n) is 3.68. The van der Waals surface area contributed by atoms with Crippen LogP contribution < -0.4 is 0 Å². The van der Waals surface area contributed by atoms with Crippen molar-refractivity contribution in [1.82, 2.24) is 0 Å². The maximum absolute atomic E-state index is 11.3. The van der Waals surface area contributed by atoms with E-state index >= 15 is 0 Å². The molecule has 0 heterocycles. The van der Waals surface area contributed by atoms with Crippen molar-refractivity contribution in [1.29, 1.82) is 0 Å². The van der Waals surface area contributed by atoms with Gasteiger partial charge in [-0.1, -0.05) is 31.9 Å². The highest BCUT2D eigenvalue weighted by Gasteiger charge is 2.32. The molecule has 1 N–H and O–H groups in total. The number of hydrogen-bond donors (Lipinski definition) is 1. The van der Waals surface area contributed by atoms with E-state index in [1.807, 2.05) is 19.3 Å². The highest BCUT2D eigenvalue weighted by atomic mass is 16.5. The Balaban J connectivity index is 2.27. The van der Waals surface area contributed by atoms with E-state index in [1.165, 1.54) is 19.3 Å². The normalized spacial score (nSPS) is 18.1. The van der Waals surface area contributed by atoms with Crippen LogP contribution in [0.3, 0.4) is 0 Å². The van der Waals surface area contributed by atoms with Gasteiger partial charge < -0.3 is 9.84 Å². The second-order valence-corrected chi connectivity index (χ2v) is 5.55. The fraction of sp³-hybridized carbons (Fsp3) is 0.579. The van der Waals surface area contributed by atoms with Crippen LogP contribution in [0, 0.1) is 31.1 Å². The number of carbonyl (C=O) groups excluding carboxylic acids is 1. The van der Waals surface area contributed by atoms with Crippen molar-refractivity contribution in [3.63, 3.8) is 0 Å². The predicted octanol–water partition coefficient (Wildman–Crippen LogP) is 3.99. The first-order chi connectivity index (χ1) is 10.7. The van der Waals surface area contributed by atoms with Gasteiger partial charge in [-0.3, -0.25) is 4.79 Å². The van der Waals surface area contributed by atoms with E-state index < -0.39 is 6.10 Å². The van der Waals surface area contributed by atoms with Crippen molar-refractivity contribution in [2.75, 3.05) is 6.61 Å². The van der Waals surface area contributed by atoms with Gasteiger partial charge in [0.2, 0.25) is 0 Å². The third kappa shape index (κ3) is 7.44. The Kier molecular flexibility index (Phi) is 10.2. The maximum Gasteiger partial charge on any atom is 0.305 e. The SMILES string of the molecule is CCCCC/C=C\[C]1[CH][CH][CH][C]1[C@@H](O)CCCC(=O)OCC. The quantitative estimate of drug-likeness (QED) is 0.464. The molecule has 1 aliphatic carbocycles. The lowest BCUT2D eigenvalue weighted by Gasteiger charge is -2.21. The average molecular weight is 305 g/mol. The molecule has 1 fully saturated rings. The molecule has 3 nitrogen and oxygen atoms in total. The molecule has 1 rings (SSSR count). The molecule has 0 aromatic heterocycles. The number of hydrogen-bond acceptors (Lipinski definition) is 3. The van der Waals surface area contributed by atoms with E-state index in [9.17, 15) is 9.90 Å². The first kappa shape index (κ1) is 19.2. The minimum atomic E-state index is -0.514. The van der Waals surface area contributed by atoms with Crippen LogP contribution in [0.1, 0.15) is 58.8 Å². The summed E-state index contributed by atoms with van der Waals surface area (Å²) < 4.78 is 4.89. The second kappa shape index (κ2) is 11.7. The zero-order valence-corrected chi connectivity index (χ0v) is 13.9. The molecule has 3 heteroatoms. The fourth-order valence-electron chi connectivity index (χ4n) is 2.45. The van der Waals surface area contributed by atoms with Crippen molar-refractivity contribution in [3.8, 4) is 0 Å². The summed E-state index contributed by atoms with van der Waals surface area (Å²) in [7, 11) is 0. The lowest BCUT2D eigenvalue weighted by atomic mass is 9.87. The Morgan fingerprint density at radius 1 is 1.27 bits per heavy atom. The minimum absolute atomic E-state index is 0.187. The predicted molar refractivity (Wildman–Crippen MR) is 89.2 cm³/mol. The Morgan fingerprint density at radius 2 is 2.09 bits per heavy atom. The summed E-state index contributed by atoms with van der Waals surface area (Å²) in [6.07, 6.45) is 16.1. The molecule has 0 aromatic carbocycles. The van der Waals surface area contributed by atoms with E-state index in [0.717, 1.165) is 18.3 Å². The Hall–Kier alpha value is -0.830. The number of rotatable bonds is 11. The molecule has 0 spiro atoms. The van der Waals surface area contributed by atoms with Gasteiger partial charge in [-0.15, -0.1) is 0 Å². The van der Waals surface area contributed by atoms with Crippen molar-refractivity contribution in [3.05, 3.63) is 43.3 Å². The molecule has 0 amide bonds. The lowest BCUT2D eigenvalue weighted by Crippen LogP contribution is -2.20. The van der Waals surface area contributed by atoms with Crippen LogP contribution >= 0.6 is 0 Å². The molecular weight excluding hydrogens is 276 g/mol. The number of unbranched alkanes of at least 4 members (excludes halogenated alkanes) is 3. The van der Waals surface area contributed by atoms with Crippen molar-refractivity contribution in [2.45, 2.75) is 64.9 Å². The molecule has 1 atom stereocenters. The number of allylic oxidation sites excluding steroid dienone is 2. The summed E-state index contributed by atoms with van der Waals surface area (Å²) in [6.45, 7) is 4.42. The van der Waals surface area contributed by atoms with Gasteiger partial charge in [-0.05, 0) is 51.9 Å². The van der Waals surface area contributed by atoms with Crippen LogP contribution in [-0.4, -0.2) is 23.8 Å². The monoisotopic (exact) mass is 305 g/mol. The first-order valence-corrected chi connectivity index (χ1v) is 8.44. The Morgan fingerprint density at radius 3 is 2.82 bits per heavy atom. The third-order valence-corrected chi connectivity index (χ3v) is 3.68. The van der Waals surface area contributed by atoms with Crippen LogP contribution in [-0.2, 0) is 9.53 Å². The zero-order chi connectivity index (χ0) is 16.2. The molecule has 123 valence electrons. The summed E-state index contributed by atoms with van der Waals surface area (Å²) in [6, 6.07) is 0. The van der Waals surface area contributed by atoms with Gasteiger partial charge in [0.15, 0.2) is 0 Å². The molecule has 0 aromatic rings. The van der Waals surface area contributed by atoms with Gasteiger partial charge >= 0.3 is 5.97 Å². The van der Waals surface area contributed by atoms with E-state index in [2.05, 4.69) is 19.1 Å². The van der Waals surface area contributed by atoms with Crippen molar-refractivity contribution >= 4 is 5.97 Å². The molecule has 0 aliphatic heterocycles. The van der Waals surface area contributed by atoms with Gasteiger partial charge in [0.25, 0.3) is 0 Å². The number of aliphatic hydroxyl groups excluding tert-OH is 1. The zero-order valence-electron chi connectivity index (χ0n) is 13.9. The number of esters is 1. The van der Waals surface area contributed by atoms with Crippen LogP contribution in [0.2, 0.25) is 0 Å². The van der Waals surface area contributed by atoms with Crippen LogP contribution in [0.5, 0.6) is 0 Å². The Bertz CT molecular complexity index is 325. The molecule has 22 heavy (non-hydrogen) atoms. The lowest BCUT2D eigenvalue weighted by molar-refractivity contribution is -0.143. The number of aliphatic hydroxyl groups is 1. The van der Waals surface area contributed by atoms with E-state index in [4.69, 9.17) is 4.74 Å². The highest BCUT2D eigenvalue weighted by molar-refractivity contribution is 5.69. The van der Waals surface area contributed by atoms with E-state index in [0.29, 0.717) is 25.9 Å². The topological polar surface area (TPSA) is 46.5 Å². The van der Waals surface area contributed by atoms with Crippen molar-refractivity contribution < 1.29 is 14.6 Å². The van der Waals surface area contributed by atoms with E-state index in [1.54, 1.807) is 6.92 Å². The largest absolute Gasteiger partial charge is 0.466 e. The fourth-order valence-corrected chi connectivity index (χ4v) is 2.45. The Labute approximate surface area is 136 Å². The number of carbonyl (C=O) groups is 1. The van der Waals surface area contributed by atoms with E-state index in [-0.39, 0.29) is 5.97 Å². The van der Waals surface area contributed by atoms with Gasteiger partial charge in [-0.2, -0.15) is 0 Å².